The molecule has 0 bridgehead atoms. The van der Waals surface area contributed by atoms with Gasteiger partial charge < -0.3 is 4.74 Å². The Morgan fingerprint density at radius 1 is 1.54 bits per heavy atom. The van der Waals surface area contributed by atoms with Crippen molar-refractivity contribution in [2.24, 2.45) is 5.41 Å². The largest absolute Gasteiger partial charge is 0.453 e. The number of hydrogen-bond acceptors (Lipinski definition) is 3. The molecule has 0 amide bonds. The van der Waals surface area contributed by atoms with Crippen molar-refractivity contribution in [2.45, 2.75) is 46.1 Å². The van der Waals surface area contributed by atoms with Crippen LogP contribution in [0.25, 0.3) is 0 Å². The zero-order chi connectivity index (χ0) is 10.1. The fourth-order valence-electron chi connectivity index (χ4n) is 1.41. The fraction of sp³-hybridized carbons (Fsp3) is 0.800. The summed E-state index contributed by atoms with van der Waals surface area (Å²) in [5.41, 5.74) is -0.592. The summed E-state index contributed by atoms with van der Waals surface area (Å²) >= 11 is 0. The number of Topliss-reactive ketones (excluding diaryl/α,β-unsaturated/α-hetero) is 1. The third kappa shape index (κ3) is 1.74. The number of ketones is 1. The van der Waals surface area contributed by atoms with Crippen LogP contribution in [0.2, 0.25) is 0 Å². The molecule has 0 aliphatic carbocycles. The zero-order valence-corrected chi connectivity index (χ0v) is 8.42. The second-order valence-electron chi connectivity index (χ2n) is 4.08. The molecule has 1 rings (SSSR count). The van der Waals surface area contributed by atoms with Crippen LogP contribution in [0.5, 0.6) is 0 Å². The third-order valence-electron chi connectivity index (χ3n) is 2.48. The first kappa shape index (κ1) is 10.2. The van der Waals surface area contributed by atoms with Gasteiger partial charge in [-0.15, -0.1) is 0 Å². The van der Waals surface area contributed by atoms with Gasteiger partial charge in [0, 0.05) is 6.42 Å². The number of carbonyl (C=O) groups is 2. The monoisotopic (exact) mass is 184 g/mol. The third-order valence-corrected chi connectivity index (χ3v) is 2.48. The van der Waals surface area contributed by atoms with Gasteiger partial charge in [0.25, 0.3) is 0 Å². The van der Waals surface area contributed by atoms with Crippen LogP contribution in [-0.4, -0.2) is 17.9 Å². The van der Waals surface area contributed by atoms with E-state index in [0.717, 1.165) is 12.8 Å². The number of rotatable bonds is 4. The molecule has 0 radical (unpaired) electrons. The van der Waals surface area contributed by atoms with Crippen molar-refractivity contribution in [3.63, 3.8) is 0 Å². The van der Waals surface area contributed by atoms with E-state index in [0.29, 0.717) is 6.42 Å². The molecular weight excluding hydrogens is 168 g/mol. The van der Waals surface area contributed by atoms with Crippen molar-refractivity contribution < 1.29 is 14.3 Å². The van der Waals surface area contributed by atoms with Gasteiger partial charge in [-0.2, -0.15) is 0 Å². The van der Waals surface area contributed by atoms with Gasteiger partial charge in [0.2, 0.25) is 0 Å². The predicted octanol–water partition coefficient (Wildman–Crippen LogP) is 1.70. The lowest BCUT2D eigenvalue weighted by atomic mass is 9.78. The number of hydrogen-bond donors (Lipinski definition) is 0. The van der Waals surface area contributed by atoms with Crippen LogP contribution in [0.3, 0.4) is 0 Å². The molecule has 1 unspecified atom stereocenters. The highest BCUT2D eigenvalue weighted by Crippen LogP contribution is 2.36. The highest BCUT2D eigenvalue weighted by Gasteiger charge is 2.53. The summed E-state index contributed by atoms with van der Waals surface area (Å²) in [5, 5.41) is 0. The summed E-state index contributed by atoms with van der Waals surface area (Å²) in [7, 11) is 0. The van der Waals surface area contributed by atoms with Crippen molar-refractivity contribution in [3.8, 4) is 0 Å². The summed E-state index contributed by atoms with van der Waals surface area (Å²) in [6.07, 6.45) is 1.90. The van der Waals surface area contributed by atoms with E-state index in [1.165, 1.54) is 0 Å². The topological polar surface area (TPSA) is 43.4 Å². The number of esters is 1. The summed E-state index contributed by atoms with van der Waals surface area (Å²) in [6.45, 7) is 5.55. The first-order chi connectivity index (χ1) is 6.00. The molecule has 1 fully saturated rings. The normalized spacial score (nSPS) is 24.8. The van der Waals surface area contributed by atoms with Crippen LogP contribution in [0.15, 0.2) is 0 Å². The van der Waals surface area contributed by atoms with Crippen LogP contribution < -0.4 is 0 Å². The van der Waals surface area contributed by atoms with Gasteiger partial charge in [-0.3, -0.25) is 9.59 Å². The second-order valence-corrected chi connectivity index (χ2v) is 4.08. The predicted molar refractivity (Wildman–Crippen MR) is 48.2 cm³/mol. The minimum absolute atomic E-state index is 0.0615. The fourth-order valence-corrected chi connectivity index (χ4v) is 1.41. The molecule has 1 aliphatic heterocycles. The standard InChI is InChI=1S/C10H16O3/c1-4-5-6-7(11)8-10(2,3)9(12)13-8/h8H,4-6H2,1-3H3. The van der Waals surface area contributed by atoms with Gasteiger partial charge >= 0.3 is 5.97 Å². The maximum atomic E-state index is 11.5. The zero-order valence-electron chi connectivity index (χ0n) is 8.42. The second kappa shape index (κ2) is 3.48. The lowest BCUT2D eigenvalue weighted by Crippen LogP contribution is -2.56. The van der Waals surface area contributed by atoms with Gasteiger partial charge in [-0.05, 0) is 20.3 Å². The molecule has 0 aromatic carbocycles. The van der Waals surface area contributed by atoms with Gasteiger partial charge in [0.15, 0.2) is 11.9 Å². The van der Waals surface area contributed by atoms with Crippen molar-refractivity contribution in [2.75, 3.05) is 0 Å². The molecular formula is C10H16O3. The summed E-state index contributed by atoms with van der Waals surface area (Å²) in [4.78, 5) is 22.4. The van der Waals surface area contributed by atoms with Crippen molar-refractivity contribution in [3.05, 3.63) is 0 Å². The molecule has 3 heteroatoms. The molecule has 0 aromatic heterocycles. The molecule has 1 atom stereocenters. The Balaban J connectivity index is 2.46. The molecule has 0 N–H and O–H groups in total. The first-order valence-electron chi connectivity index (χ1n) is 4.74. The van der Waals surface area contributed by atoms with E-state index < -0.39 is 11.5 Å². The molecule has 1 aliphatic rings. The quantitative estimate of drug-likeness (QED) is 0.624. The molecule has 0 aromatic rings. The van der Waals surface area contributed by atoms with E-state index in [-0.39, 0.29) is 11.8 Å². The highest BCUT2D eigenvalue weighted by molar-refractivity contribution is 5.97. The SMILES string of the molecule is CCCCC(=O)C1OC(=O)C1(C)C. The van der Waals surface area contributed by atoms with Crippen LogP contribution in [0, 0.1) is 5.41 Å². The number of ether oxygens (including phenoxy) is 1. The van der Waals surface area contributed by atoms with Crippen LogP contribution in [-0.2, 0) is 14.3 Å². The minimum atomic E-state index is -0.592. The van der Waals surface area contributed by atoms with E-state index in [1.807, 2.05) is 6.92 Å². The maximum absolute atomic E-state index is 11.5. The van der Waals surface area contributed by atoms with Crippen LogP contribution in [0.1, 0.15) is 40.0 Å². The van der Waals surface area contributed by atoms with Gasteiger partial charge in [0.1, 0.15) is 5.41 Å². The Labute approximate surface area is 78.5 Å². The van der Waals surface area contributed by atoms with E-state index in [2.05, 4.69) is 0 Å². The first-order valence-corrected chi connectivity index (χ1v) is 4.74. The Kier molecular flexibility index (Phi) is 2.74. The van der Waals surface area contributed by atoms with Gasteiger partial charge in [0.05, 0.1) is 0 Å². The van der Waals surface area contributed by atoms with E-state index in [9.17, 15) is 9.59 Å². The molecule has 13 heavy (non-hydrogen) atoms. The smallest absolute Gasteiger partial charge is 0.316 e. The lowest BCUT2D eigenvalue weighted by molar-refractivity contribution is -0.202. The van der Waals surface area contributed by atoms with Crippen molar-refractivity contribution >= 4 is 11.8 Å². The Morgan fingerprint density at radius 3 is 2.54 bits per heavy atom. The molecule has 1 saturated heterocycles. The average molecular weight is 184 g/mol. The Bertz CT molecular complexity index is 230. The summed E-state index contributed by atoms with van der Waals surface area (Å²) in [5.74, 6) is -0.200. The molecule has 3 nitrogen and oxygen atoms in total. The molecule has 74 valence electrons. The number of unbranched alkanes of at least 4 members (excludes halogenated alkanes) is 1. The van der Waals surface area contributed by atoms with E-state index >= 15 is 0 Å². The summed E-state index contributed by atoms with van der Waals surface area (Å²) in [6, 6.07) is 0. The van der Waals surface area contributed by atoms with Crippen molar-refractivity contribution in [1.82, 2.24) is 0 Å². The Morgan fingerprint density at radius 2 is 2.15 bits per heavy atom. The van der Waals surface area contributed by atoms with E-state index in [4.69, 9.17) is 4.74 Å². The van der Waals surface area contributed by atoms with E-state index in [1.54, 1.807) is 13.8 Å². The minimum Gasteiger partial charge on any atom is -0.453 e. The van der Waals surface area contributed by atoms with Gasteiger partial charge in [-0.1, -0.05) is 13.3 Å². The van der Waals surface area contributed by atoms with Gasteiger partial charge in [-0.25, -0.2) is 0 Å². The summed E-state index contributed by atoms with van der Waals surface area (Å²) < 4.78 is 4.82. The van der Waals surface area contributed by atoms with Crippen LogP contribution in [0.4, 0.5) is 0 Å². The molecule has 0 spiro atoms. The average Bonchev–Trinajstić information content (AvgIpc) is 2.10. The number of carbonyl (C=O) groups excluding carboxylic acids is 2. The Hall–Kier alpha value is -0.860. The molecule has 0 saturated carbocycles. The lowest BCUT2D eigenvalue weighted by Gasteiger charge is -2.40. The number of cyclic esters (lactones) is 1. The highest BCUT2D eigenvalue weighted by atomic mass is 16.6. The van der Waals surface area contributed by atoms with Crippen molar-refractivity contribution in [1.29, 1.82) is 0 Å². The molecule has 1 heterocycles. The van der Waals surface area contributed by atoms with Crippen LogP contribution >= 0.6 is 0 Å². The maximum Gasteiger partial charge on any atom is 0.316 e.